The van der Waals surface area contributed by atoms with E-state index >= 15 is 0 Å². The number of nitrogens with zero attached hydrogens (tertiary/aromatic N) is 1. The van der Waals surface area contributed by atoms with E-state index in [2.05, 4.69) is 5.40 Å². The van der Waals surface area contributed by atoms with Gasteiger partial charge in [0.25, 0.3) is 0 Å². The predicted molar refractivity (Wildman–Crippen MR) is 76.2 cm³/mol. The second-order valence-corrected chi connectivity index (χ2v) is 5.01. The van der Waals surface area contributed by atoms with E-state index in [4.69, 9.17) is 0 Å². The van der Waals surface area contributed by atoms with E-state index in [0.29, 0.717) is 0 Å². The van der Waals surface area contributed by atoms with Gasteiger partial charge in [-0.1, -0.05) is 36.4 Å². The molecule has 0 aromatic heterocycles. The third-order valence-electron chi connectivity index (χ3n) is 2.13. The van der Waals surface area contributed by atoms with Gasteiger partial charge >= 0.3 is 29.6 Å². The molecule has 84 valence electrons. The predicted octanol–water partition coefficient (Wildman–Crippen LogP) is 3.10. The average molecular weight is 254 g/mol. The van der Waals surface area contributed by atoms with E-state index < -0.39 is 10.9 Å². The molecule has 2 nitrogen and oxygen atoms in total. The van der Waals surface area contributed by atoms with Crippen LogP contribution in [0.15, 0.2) is 70.5 Å². The Kier molecular flexibility index (Phi) is 7.98. The molecule has 0 atom stereocenters. The van der Waals surface area contributed by atoms with Gasteiger partial charge in [-0.25, -0.2) is 0 Å². The van der Waals surface area contributed by atoms with Crippen molar-refractivity contribution >= 4 is 40.5 Å². The first kappa shape index (κ1) is 16.2. The summed E-state index contributed by atoms with van der Waals surface area (Å²) < 4.78 is 0. The molecule has 0 aliphatic rings. The summed E-state index contributed by atoms with van der Waals surface area (Å²) in [5.74, 6) is 0. The van der Waals surface area contributed by atoms with Gasteiger partial charge in [0.2, 0.25) is 0 Å². The second kappa shape index (κ2) is 8.35. The van der Waals surface area contributed by atoms with Gasteiger partial charge in [0.05, 0.1) is 0 Å². The molecule has 0 aliphatic carbocycles. The molecule has 0 amide bonds. The van der Waals surface area contributed by atoms with Crippen molar-refractivity contribution in [3.8, 4) is 5.40 Å². The van der Waals surface area contributed by atoms with Crippen LogP contribution in [-0.4, -0.2) is 29.6 Å². The first-order valence-electron chi connectivity index (χ1n) is 4.72. The molecule has 0 fully saturated rings. The summed E-state index contributed by atoms with van der Waals surface area (Å²) in [6, 6.07) is 19.9. The number of thiocyanates is 1. The molecule has 3 N–H and O–H groups in total. The minimum atomic E-state index is -0.843. The van der Waals surface area contributed by atoms with Crippen molar-refractivity contribution in [3.05, 3.63) is 60.7 Å². The van der Waals surface area contributed by atoms with E-state index in [0.717, 1.165) is 9.79 Å². The summed E-state index contributed by atoms with van der Waals surface area (Å²) in [6.07, 6.45) is 0. The number of nitriles is 1. The van der Waals surface area contributed by atoms with Crippen LogP contribution in [0.1, 0.15) is 0 Å². The van der Waals surface area contributed by atoms with Crippen molar-refractivity contribution in [2.24, 2.45) is 0 Å². The normalized spacial score (nSPS) is 9.24. The van der Waals surface area contributed by atoms with Crippen molar-refractivity contribution in [1.82, 2.24) is 6.15 Å². The molecule has 2 aromatic carbocycles. The van der Waals surface area contributed by atoms with Gasteiger partial charge < -0.3 is 6.15 Å². The number of benzene rings is 2. The Morgan fingerprint density at radius 2 is 1.12 bits per heavy atom. The average Bonchev–Trinajstić information content (AvgIpc) is 2.33. The van der Waals surface area contributed by atoms with Crippen LogP contribution in [0.3, 0.4) is 0 Å². The topological polar surface area (TPSA) is 58.8 Å². The third kappa shape index (κ3) is 4.19. The zero-order valence-corrected chi connectivity index (χ0v) is 9.77. The van der Waals surface area contributed by atoms with Gasteiger partial charge in [-0.3, -0.25) is 0 Å². The summed E-state index contributed by atoms with van der Waals surface area (Å²) in [4.78, 5) is 2.22. The Labute approximate surface area is 127 Å². The standard InChI is InChI=1S/C13H11NS.H3N.Na.H/c14-11-15(12-7-3-1-4-8-12)13-9-5-2-6-10-13;;;/h1-10,15H;1H3;;. The SMILES string of the molecule is N.N#C[SH](c1ccccc1)c1ccccc1.[NaH]. The minimum absolute atomic E-state index is 0. The fraction of sp³-hybridized carbons (Fsp3) is 0. The van der Waals surface area contributed by atoms with E-state index in [-0.39, 0.29) is 35.7 Å². The number of hydrogen-bond acceptors (Lipinski definition) is 2. The molecule has 0 radical (unpaired) electrons. The van der Waals surface area contributed by atoms with Gasteiger partial charge in [0.15, 0.2) is 0 Å². The molecule has 0 heterocycles. The van der Waals surface area contributed by atoms with Gasteiger partial charge in [0.1, 0.15) is 5.40 Å². The maximum atomic E-state index is 9.21. The quantitative estimate of drug-likeness (QED) is 0.491. The Balaban J connectivity index is 0.00000128. The maximum absolute atomic E-state index is 9.21. The van der Waals surface area contributed by atoms with Gasteiger partial charge in [-0.05, 0) is 24.3 Å². The van der Waals surface area contributed by atoms with Crippen LogP contribution in [0.4, 0.5) is 0 Å². The van der Waals surface area contributed by atoms with Crippen LogP contribution in [0, 0.1) is 10.7 Å². The van der Waals surface area contributed by atoms with Crippen molar-refractivity contribution in [1.29, 1.82) is 5.26 Å². The summed E-state index contributed by atoms with van der Waals surface area (Å²) in [6.45, 7) is 0. The Bertz CT molecular complexity index is 428. The Morgan fingerprint density at radius 1 is 0.765 bits per heavy atom. The molecule has 2 rings (SSSR count). The summed E-state index contributed by atoms with van der Waals surface area (Å²) in [5.41, 5.74) is 0. The summed E-state index contributed by atoms with van der Waals surface area (Å²) in [7, 11) is -0.843. The molecule has 4 heteroatoms. The molecule has 0 saturated heterocycles. The summed E-state index contributed by atoms with van der Waals surface area (Å²) in [5, 5.41) is 11.6. The van der Waals surface area contributed by atoms with Crippen molar-refractivity contribution in [2.75, 3.05) is 0 Å². The first-order chi connectivity index (χ1) is 7.42. The zero-order chi connectivity index (χ0) is 10.5. The van der Waals surface area contributed by atoms with Crippen LogP contribution in [-0.2, 0) is 0 Å². The first-order valence-corrected chi connectivity index (χ1v) is 6.06. The van der Waals surface area contributed by atoms with Crippen molar-refractivity contribution in [3.63, 3.8) is 0 Å². The van der Waals surface area contributed by atoms with Crippen LogP contribution in [0.25, 0.3) is 0 Å². The molecule has 0 spiro atoms. The zero-order valence-electron chi connectivity index (χ0n) is 8.88. The van der Waals surface area contributed by atoms with Gasteiger partial charge in [-0.2, -0.15) is 5.26 Å². The van der Waals surface area contributed by atoms with Gasteiger partial charge in [-0.15, -0.1) is 10.9 Å². The van der Waals surface area contributed by atoms with E-state index in [1.165, 1.54) is 0 Å². The van der Waals surface area contributed by atoms with E-state index in [9.17, 15) is 5.26 Å². The van der Waals surface area contributed by atoms with Crippen LogP contribution in [0.2, 0.25) is 0 Å². The van der Waals surface area contributed by atoms with E-state index in [1.54, 1.807) is 0 Å². The molecule has 0 saturated carbocycles. The Morgan fingerprint density at radius 3 is 1.41 bits per heavy atom. The van der Waals surface area contributed by atoms with Crippen LogP contribution < -0.4 is 6.15 Å². The van der Waals surface area contributed by atoms with Gasteiger partial charge in [0, 0.05) is 9.79 Å². The molecular formula is C13H15N2NaS. The monoisotopic (exact) mass is 254 g/mol. The second-order valence-electron chi connectivity index (χ2n) is 3.11. The molecular weight excluding hydrogens is 239 g/mol. The number of rotatable bonds is 2. The van der Waals surface area contributed by atoms with Crippen molar-refractivity contribution < 1.29 is 0 Å². The fourth-order valence-corrected chi connectivity index (χ4v) is 2.89. The molecule has 0 aliphatic heterocycles. The number of hydrogen-bond donors (Lipinski definition) is 2. The molecule has 2 aromatic rings. The molecule has 0 bridgehead atoms. The molecule has 0 unspecified atom stereocenters. The number of thiol groups is 1. The third-order valence-corrected chi connectivity index (χ3v) is 3.96. The van der Waals surface area contributed by atoms with Crippen LogP contribution >= 0.6 is 10.9 Å². The molecule has 17 heavy (non-hydrogen) atoms. The fourth-order valence-electron chi connectivity index (χ4n) is 1.42. The van der Waals surface area contributed by atoms with E-state index in [1.807, 2.05) is 60.7 Å². The van der Waals surface area contributed by atoms with Crippen molar-refractivity contribution in [2.45, 2.75) is 9.79 Å². The Hall–Kier alpha value is -0.760. The summed E-state index contributed by atoms with van der Waals surface area (Å²) >= 11 is 0. The van der Waals surface area contributed by atoms with Crippen LogP contribution in [0.5, 0.6) is 0 Å².